The Labute approximate surface area is 118 Å². The number of rotatable bonds is 3. The Morgan fingerprint density at radius 2 is 2.00 bits per heavy atom. The zero-order valence-corrected chi connectivity index (χ0v) is 11.5. The number of nitrogens with two attached hydrogens (primary N) is 1. The number of anilines is 1. The molecule has 1 aromatic carbocycles. The van der Waals surface area contributed by atoms with Gasteiger partial charge in [0.2, 0.25) is 0 Å². The van der Waals surface area contributed by atoms with Crippen LogP contribution < -0.4 is 10.5 Å². The summed E-state index contributed by atoms with van der Waals surface area (Å²) in [7, 11) is 0. The van der Waals surface area contributed by atoms with E-state index in [4.69, 9.17) is 10.5 Å². The molecule has 0 aliphatic rings. The van der Waals surface area contributed by atoms with Crippen LogP contribution in [0.5, 0.6) is 5.75 Å². The molecule has 3 aromatic rings. The van der Waals surface area contributed by atoms with Gasteiger partial charge in [0.05, 0.1) is 5.69 Å². The van der Waals surface area contributed by atoms with Crippen molar-refractivity contribution in [2.45, 2.75) is 6.61 Å². The van der Waals surface area contributed by atoms with Crippen LogP contribution >= 0.6 is 15.9 Å². The molecule has 0 aliphatic carbocycles. The lowest BCUT2D eigenvalue weighted by atomic mass is 10.3. The number of para-hydroxylation sites is 1. The van der Waals surface area contributed by atoms with Gasteiger partial charge >= 0.3 is 0 Å². The van der Waals surface area contributed by atoms with Crippen molar-refractivity contribution in [3.05, 3.63) is 52.9 Å². The first-order valence-electron chi connectivity index (χ1n) is 5.70. The van der Waals surface area contributed by atoms with Crippen LogP contribution in [-0.2, 0) is 6.61 Å². The van der Waals surface area contributed by atoms with E-state index < -0.39 is 0 Å². The zero-order valence-electron chi connectivity index (χ0n) is 9.95. The summed E-state index contributed by atoms with van der Waals surface area (Å²) in [6.07, 6.45) is 1.87. The van der Waals surface area contributed by atoms with Crippen molar-refractivity contribution in [1.82, 2.24) is 14.6 Å². The van der Waals surface area contributed by atoms with Gasteiger partial charge in [-0.15, -0.1) is 10.2 Å². The Morgan fingerprint density at radius 3 is 2.79 bits per heavy atom. The lowest BCUT2D eigenvalue weighted by Crippen LogP contribution is -2.02. The molecular weight excluding hydrogens is 308 g/mol. The fourth-order valence-corrected chi connectivity index (χ4v) is 2.24. The zero-order chi connectivity index (χ0) is 13.2. The SMILES string of the molecule is Nc1cc(Br)cn2c(COc3ccccc3)nnc12. The molecular formula is C13H11BrN4O. The average Bonchev–Trinajstić information content (AvgIpc) is 2.81. The number of hydrogen-bond donors (Lipinski definition) is 1. The molecule has 0 amide bonds. The highest BCUT2D eigenvalue weighted by molar-refractivity contribution is 9.10. The van der Waals surface area contributed by atoms with E-state index in [0.29, 0.717) is 23.8 Å². The monoisotopic (exact) mass is 318 g/mol. The van der Waals surface area contributed by atoms with Crippen molar-refractivity contribution < 1.29 is 4.74 Å². The summed E-state index contributed by atoms with van der Waals surface area (Å²) in [6, 6.07) is 11.4. The number of pyridine rings is 1. The summed E-state index contributed by atoms with van der Waals surface area (Å²) < 4.78 is 8.35. The van der Waals surface area contributed by atoms with Crippen molar-refractivity contribution in [1.29, 1.82) is 0 Å². The first kappa shape index (κ1) is 12.0. The molecule has 0 saturated heterocycles. The van der Waals surface area contributed by atoms with E-state index in [1.165, 1.54) is 0 Å². The fourth-order valence-electron chi connectivity index (χ4n) is 1.79. The molecule has 3 rings (SSSR count). The molecule has 0 atom stereocenters. The number of fused-ring (bicyclic) bond motifs is 1. The first-order valence-corrected chi connectivity index (χ1v) is 6.50. The molecule has 0 bridgehead atoms. The Morgan fingerprint density at radius 1 is 1.21 bits per heavy atom. The Kier molecular flexibility index (Phi) is 3.08. The van der Waals surface area contributed by atoms with Gasteiger partial charge in [0.15, 0.2) is 11.5 Å². The lowest BCUT2D eigenvalue weighted by molar-refractivity contribution is 0.294. The minimum atomic E-state index is 0.334. The molecule has 0 saturated carbocycles. The number of halogens is 1. The van der Waals surface area contributed by atoms with Crippen LogP contribution in [0.4, 0.5) is 5.69 Å². The number of ether oxygens (including phenoxy) is 1. The van der Waals surface area contributed by atoms with Gasteiger partial charge in [-0.25, -0.2) is 0 Å². The number of benzene rings is 1. The topological polar surface area (TPSA) is 65.4 Å². The Bertz CT molecular complexity index is 711. The maximum Gasteiger partial charge on any atom is 0.184 e. The molecule has 19 heavy (non-hydrogen) atoms. The van der Waals surface area contributed by atoms with E-state index in [1.807, 2.05) is 40.9 Å². The second-order valence-electron chi connectivity index (χ2n) is 4.03. The van der Waals surface area contributed by atoms with Crippen LogP contribution in [0.15, 0.2) is 47.1 Å². The predicted molar refractivity (Wildman–Crippen MR) is 75.9 cm³/mol. The number of hydrogen-bond acceptors (Lipinski definition) is 4. The maximum absolute atomic E-state index is 5.88. The largest absolute Gasteiger partial charge is 0.486 e. The highest BCUT2D eigenvalue weighted by Gasteiger charge is 2.09. The van der Waals surface area contributed by atoms with E-state index in [1.54, 1.807) is 6.07 Å². The average molecular weight is 319 g/mol. The summed E-state index contributed by atoms with van der Waals surface area (Å²) in [5.74, 6) is 1.49. The highest BCUT2D eigenvalue weighted by Crippen LogP contribution is 2.20. The normalized spacial score (nSPS) is 10.8. The van der Waals surface area contributed by atoms with Crippen molar-refractivity contribution >= 4 is 27.3 Å². The molecule has 0 unspecified atom stereocenters. The lowest BCUT2D eigenvalue weighted by Gasteiger charge is -2.05. The van der Waals surface area contributed by atoms with Gasteiger partial charge < -0.3 is 10.5 Å². The second kappa shape index (κ2) is 4.89. The van der Waals surface area contributed by atoms with Crippen molar-refractivity contribution in [2.24, 2.45) is 0 Å². The van der Waals surface area contributed by atoms with Gasteiger partial charge in [-0.3, -0.25) is 4.40 Å². The van der Waals surface area contributed by atoms with Gasteiger partial charge in [-0.05, 0) is 34.1 Å². The number of nitrogens with zero attached hydrogens (tertiary/aromatic N) is 3. The van der Waals surface area contributed by atoms with Crippen LogP contribution in [0, 0.1) is 0 Å². The first-order chi connectivity index (χ1) is 9.24. The van der Waals surface area contributed by atoms with Crippen molar-refractivity contribution in [3.63, 3.8) is 0 Å². The molecule has 6 heteroatoms. The summed E-state index contributed by atoms with van der Waals surface area (Å²) in [6.45, 7) is 0.334. The summed E-state index contributed by atoms with van der Waals surface area (Å²) in [4.78, 5) is 0. The van der Waals surface area contributed by atoms with E-state index in [-0.39, 0.29) is 0 Å². The summed E-state index contributed by atoms with van der Waals surface area (Å²) in [5, 5.41) is 8.16. The molecule has 5 nitrogen and oxygen atoms in total. The smallest absolute Gasteiger partial charge is 0.184 e. The van der Waals surface area contributed by atoms with Crippen molar-refractivity contribution in [2.75, 3.05) is 5.73 Å². The number of nitrogen functional groups attached to an aromatic ring is 1. The molecule has 0 aliphatic heterocycles. The van der Waals surface area contributed by atoms with E-state index in [2.05, 4.69) is 26.1 Å². The quantitative estimate of drug-likeness (QED) is 0.806. The molecule has 2 N–H and O–H groups in total. The maximum atomic E-state index is 5.88. The van der Waals surface area contributed by atoms with Gasteiger partial charge in [0, 0.05) is 10.7 Å². The van der Waals surface area contributed by atoms with Crippen LogP contribution in [0.2, 0.25) is 0 Å². The van der Waals surface area contributed by atoms with E-state index in [0.717, 1.165) is 10.2 Å². The van der Waals surface area contributed by atoms with E-state index >= 15 is 0 Å². The molecule has 0 fully saturated rings. The van der Waals surface area contributed by atoms with Gasteiger partial charge in [-0.2, -0.15) is 0 Å². The number of aromatic nitrogens is 3. The standard InChI is InChI=1S/C13H11BrN4O/c14-9-6-11(15)13-17-16-12(18(13)7-9)8-19-10-4-2-1-3-5-10/h1-7H,8,15H2. The second-order valence-corrected chi connectivity index (χ2v) is 4.94. The molecule has 0 radical (unpaired) electrons. The Balaban J connectivity index is 1.89. The van der Waals surface area contributed by atoms with Gasteiger partial charge in [0.1, 0.15) is 12.4 Å². The minimum Gasteiger partial charge on any atom is -0.486 e. The van der Waals surface area contributed by atoms with E-state index in [9.17, 15) is 0 Å². The van der Waals surface area contributed by atoms with Crippen LogP contribution in [0.3, 0.4) is 0 Å². The molecule has 0 spiro atoms. The third-order valence-electron chi connectivity index (χ3n) is 2.68. The van der Waals surface area contributed by atoms with Gasteiger partial charge in [-0.1, -0.05) is 18.2 Å². The van der Waals surface area contributed by atoms with Crippen LogP contribution in [-0.4, -0.2) is 14.6 Å². The molecule has 2 heterocycles. The molecule has 96 valence electrons. The third-order valence-corrected chi connectivity index (χ3v) is 3.12. The Hall–Kier alpha value is -2.08. The highest BCUT2D eigenvalue weighted by atomic mass is 79.9. The van der Waals surface area contributed by atoms with Crippen LogP contribution in [0.1, 0.15) is 5.82 Å². The summed E-state index contributed by atoms with van der Waals surface area (Å²) >= 11 is 3.40. The predicted octanol–water partition coefficient (Wildman–Crippen LogP) is 2.65. The third kappa shape index (κ3) is 2.39. The minimum absolute atomic E-state index is 0.334. The van der Waals surface area contributed by atoms with Crippen molar-refractivity contribution in [3.8, 4) is 5.75 Å². The van der Waals surface area contributed by atoms with Gasteiger partial charge in [0.25, 0.3) is 0 Å². The fraction of sp³-hybridized carbons (Fsp3) is 0.0769. The molecule has 2 aromatic heterocycles. The van der Waals surface area contributed by atoms with Crippen LogP contribution in [0.25, 0.3) is 5.65 Å². The summed E-state index contributed by atoms with van der Waals surface area (Å²) in [5.41, 5.74) is 7.09.